The van der Waals surface area contributed by atoms with Crippen molar-refractivity contribution >= 4 is 39.0 Å². The summed E-state index contributed by atoms with van der Waals surface area (Å²) < 4.78 is 6.00. The largest absolute Gasteiger partial charge is 0.495 e. The zero-order valence-electron chi connectivity index (χ0n) is 9.33. The van der Waals surface area contributed by atoms with Crippen LogP contribution in [0, 0.1) is 0 Å². The van der Waals surface area contributed by atoms with Crippen LogP contribution in [0.2, 0.25) is 5.02 Å². The molecule has 0 saturated heterocycles. The maximum absolute atomic E-state index is 11.3. The summed E-state index contributed by atoms with van der Waals surface area (Å²) in [6.45, 7) is 0. The molecule has 0 fully saturated rings. The molecule has 0 bridgehead atoms. The van der Waals surface area contributed by atoms with Crippen molar-refractivity contribution in [1.29, 1.82) is 0 Å². The first kappa shape index (κ1) is 12.9. The summed E-state index contributed by atoms with van der Waals surface area (Å²) in [5.41, 5.74) is 0.327. The number of benzene rings is 1. The van der Waals surface area contributed by atoms with Crippen molar-refractivity contribution in [1.82, 2.24) is 9.97 Å². The van der Waals surface area contributed by atoms with Crippen molar-refractivity contribution < 1.29 is 4.74 Å². The lowest BCUT2D eigenvalue weighted by Crippen LogP contribution is -2.09. The first-order valence-electron chi connectivity index (χ1n) is 4.95. The molecular formula is C11H9BrClN3O2. The molecule has 5 nitrogen and oxygen atoms in total. The number of nitrogens with one attached hydrogen (secondary N) is 2. The second-order valence-corrected chi connectivity index (χ2v) is 4.60. The van der Waals surface area contributed by atoms with Gasteiger partial charge in [0.05, 0.1) is 17.9 Å². The Morgan fingerprint density at radius 1 is 1.50 bits per heavy atom. The molecule has 0 spiro atoms. The van der Waals surface area contributed by atoms with E-state index in [0.717, 1.165) is 10.2 Å². The molecule has 94 valence electrons. The number of hydrogen-bond donors (Lipinski definition) is 2. The van der Waals surface area contributed by atoms with Gasteiger partial charge < -0.3 is 15.0 Å². The smallest absolute Gasteiger partial charge is 0.271 e. The predicted octanol–water partition coefficient (Wildman–Crippen LogP) is 2.94. The van der Waals surface area contributed by atoms with Crippen LogP contribution in [-0.4, -0.2) is 17.1 Å². The van der Waals surface area contributed by atoms with E-state index in [2.05, 4.69) is 31.2 Å². The Labute approximate surface area is 116 Å². The van der Waals surface area contributed by atoms with E-state index >= 15 is 0 Å². The predicted molar refractivity (Wildman–Crippen MR) is 73.8 cm³/mol. The van der Waals surface area contributed by atoms with Gasteiger partial charge in [0.15, 0.2) is 5.82 Å². The van der Waals surface area contributed by atoms with E-state index in [1.165, 1.54) is 6.33 Å². The lowest BCUT2D eigenvalue weighted by Gasteiger charge is -2.09. The van der Waals surface area contributed by atoms with Crippen LogP contribution in [-0.2, 0) is 0 Å². The van der Waals surface area contributed by atoms with Crippen LogP contribution >= 0.6 is 27.5 Å². The number of aromatic nitrogens is 2. The van der Waals surface area contributed by atoms with Crippen LogP contribution in [0.1, 0.15) is 0 Å². The van der Waals surface area contributed by atoms with Crippen LogP contribution in [0.5, 0.6) is 5.75 Å². The fourth-order valence-electron chi connectivity index (χ4n) is 1.34. The molecule has 0 aliphatic carbocycles. The van der Waals surface area contributed by atoms with E-state index in [9.17, 15) is 4.79 Å². The summed E-state index contributed by atoms with van der Waals surface area (Å²) in [6, 6.07) is 5.40. The number of halogens is 2. The summed E-state index contributed by atoms with van der Waals surface area (Å²) in [7, 11) is 1.57. The molecule has 1 heterocycles. The Morgan fingerprint density at radius 3 is 3.00 bits per heavy atom. The first-order valence-corrected chi connectivity index (χ1v) is 6.12. The molecule has 7 heteroatoms. The molecule has 1 aromatic carbocycles. The summed E-state index contributed by atoms with van der Waals surface area (Å²) in [5.74, 6) is 0.964. The van der Waals surface area contributed by atoms with Gasteiger partial charge in [-0.05, 0) is 28.1 Å². The Morgan fingerprint density at radius 2 is 2.28 bits per heavy atom. The zero-order chi connectivity index (χ0) is 13.1. The van der Waals surface area contributed by atoms with Crippen molar-refractivity contribution in [2.45, 2.75) is 0 Å². The zero-order valence-corrected chi connectivity index (χ0v) is 11.7. The van der Waals surface area contributed by atoms with E-state index in [1.807, 2.05) is 12.1 Å². The number of rotatable bonds is 3. The van der Waals surface area contributed by atoms with Gasteiger partial charge in [0.2, 0.25) is 0 Å². The highest BCUT2D eigenvalue weighted by Gasteiger charge is 2.07. The monoisotopic (exact) mass is 329 g/mol. The fraction of sp³-hybridized carbons (Fsp3) is 0.0909. The molecule has 18 heavy (non-hydrogen) atoms. The standard InChI is InChI=1S/C11H9BrClN3O2/c1-18-8-4-6(2-3-7(8)12)16-10-9(13)11(17)15-5-14-10/h2-5H,1H3,(H2,14,15,16,17). The number of hydrogen-bond acceptors (Lipinski definition) is 4. The van der Waals surface area contributed by atoms with Crippen molar-refractivity contribution in [3.63, 3.8) is 0 Å². The topological polar surface area (TPSA) is 67.0 Å². The van der Waals surface area contributed by atoms with E-state index in [0.29, 0.717) is 11.6 Å². The third-order valence-electron chi connectivity index (χ3n) is 2.21. The average Bonchev–Trinajstić information content (AvgIpc) is 2.37. The quantitative estimate of drug-likeness (QED) is 0.908. The molecule has 1 aromatic heterocycles. The Balaban J connectivity index is 2.34. The van der Waals surface area contributed by atoms with E-state index < -0.39 is 5.56 Å². The number of H-pyrrole nitrogens is 1. The Kier molecular flexibility index (Phi) is 3.88. The maximum atomic E-state index is 11.3. The van der Waals surface area contributed by atoms with Gasteiger partial charge in [-0.2, -0.15) is 0 Å². The number of methoxy groups -OCH3 is 1. The lowest BCUT2D eigenvalue weighted by molar-refractivity contribution is 0.412. The third-order valence-corrected chi connectivity index (χ3v) is 3.22. The Bertz CT molecular complexity index is 630. The summed E-state index contributed by atoms with van der Waals surface area (Å²) in [6.07, 6.45) is 1.28. The second kappa shape index (κ2) is 5.41. The average molecular weight is 331 g/mol. The van der Waals surface area contributed by atoms with Gasteiger partial charge in [0.1, 0.15) is 10.8 Å². The van der Waals surface area contributed by atoms with Crippen LogP contribution in [0.25, 0.3) is 0 Å². The number of anilines is 2. The number of aromatic amines is 1. The summed E-state index contributed by atoms with van der Waals surface area (Å²) in [5, 5.41) is 2.96. The van der Waals surface area contributed by atoms with Crippen molar-refractivity contribution in [2.24, 2.45) is 0 Å². The van der Waals surface area contributed by atoms with E-state index in [-0.39, 0.29) is 5.02 Å². The van der Waals surface area contributed by atoms with E-state index in [4.69, 9.17) is 16.3 Å². The molecule has 0 aliphatic heterocycles. The van der Waals surface area contributed by atoms with Gasteiger partial charge in [-0.3, -0.25) is 4.79 Å². The van der Waals surface area contributed by atoms with Crippen LogP contribution < -0.4 is 15.6 Å². The minimum Gasteiger partial charge on any atom is -0.495 e. The molecule has 2 aromatic rings. The molecular weight excluding hydrogens is 321 g/mol. The number of ether oxygens (including phenoxy) is 1. The number of nitrogens with zero attached hydrogens (tertiary/aromatic N) is 1. The molecule has 2 rings (SSSR count). The van der Waals surface area contributed by atoms with Gasteiger partial charge >= 0.3 is 0 Å². The highest BCUT2D eigenvalue weighted by atomic mass is 79.9. The van der Waals surface area contributed by atoms with Crippen LogP contribution in [0.15, 0.2) is 33.8 Å². The maximum Gasteiger partial charge on any atom is 0.271 e. The molecule has 0 radical (unpaired) electrons. The lowest BCUT2D eigenvalue weighted by atomic mass is 10.3. The van der Waals surface area contributed by atoms with Gasteiger partial charge in [0, 0.05) is 11.8 Å². The van der Waals surface area contributed by atoms with Crippen LogP contribution in [0.3, 0.4) is 0 Å². The first-order chi connectivity index (χ1) is 8.61. The van der Waals surface area contributed by atoms with Crippen molar-refractivity contribution in [3.05, 3.63) is 44.4 Å². The molecule has 0 unspecified atom stereocenters. The molecule has 0 aliphatic rings. The normalized spacial score (nSPS) is 10.2. The molecule has 2 N–H and O–H groups in total. The van der Waals surface area contributed by atoms with Gasteiger partial charge in [-0.15, -0.1) is 0 Å². The second-order valence-electron chi connectivity index (χ2n) is 3.37. The molecule has 0 amide bonds. The van der Waals surface area contributed by atoms with Crippen molar-refractivity contribution in [3.8, 4) is 5.75 Å². The third kappa shape index (κ3) is 2.65. The summed E-state index contributed by atoms with van der Waals surface area (Å²) >= 11 is 9.19. The van der Waals surface area contributed by atoms with Crippen LogP contribution in [0.4, 0.5) is 11.5 Å². The van der Waals surface area contributed by atoms with Gasteiger partial charge in [-0.25, -0.2) is 4.98 Å². The highest BCUT2D eigenvalue weighted by Crippen LogP contribution is 2.29. The highest BCUT2D eigenvalue weighted by molar-refractivity contribution is 9.10. The Hall–Kier alpha value is -1.53. The summed E-state index contributed by atoms with van der Waals surface area (Å²) in [4.78, 5) is 17.7. The van der Waals surface area contributed by atoms with Crippen molar-refractivity contribution in [2.75, 3.05) is 12.4 Å². The fourth-order valence-corrected chi connectivity index (χ4v) is 1.90. The minimum atomic E-state index is -0.391. The van der Waals surface area contributed by atoms with Gasteiger partial charge in [-0.1, -0.05) is 11.6 Å². The molecule has 0 atom stereocenters. The van der Waals surface area contributed by atoms with Gasteiger partial charge in [0.25, 0.3) is 5.56 Å². The van der Waals surface area contributed by atoms with E-state index in [1.54, 1.807) is 13.2 Å². The minimum absolute atomic E-state index is 0.0133. The SMILES string of the molecule is COc1cc(Nc2nc[nH]c(=O)c2Cl)ccc1Br. The molecule has 0 saturated carbocycles.